The molecule has 0 saturated heterocycles. The topological polar surface area (TPSA) is 73.1 Å². The summed E-state index contributed by atoms with van der Waals surface area (Å²) >= 11 is 3.18. The number of phenolic OH excluding ortho intramolecular Hbond substituents is 1. The quantitative estimate of drug-likeness (QED) is 0.497. The smallest absolute Gasteiger partial charge is 0.261 e. The second-order valence-corrected chi connectivity index (χ2v) is 4.84. The van der Waals surface area contributed by atoms with Gasteiger partial charge in [-0.25, -0.2) is 0 Å². The summed E-state index contributed by atoms with van der Waals surface area (Å²) < 4.78 is 0.518. The highest BCUT2D eigenvalue weighted by molar-refractivity contribution is 9.10. The third kappa shape index (κ3) is 4.76. The molecule has 1 rings (SSSR count). The maximum Gasteiger partial charge on any atom is 0.261 e. The van der Waals surface area contributed by atoms with Gasteiger partial charge in [0.1, 0.15) is 17.4 Å². The number of hydrogen-bond acceptors (Lipinski definition) is 3. The van der Waals surface area contributed by atoms with E-state index in [1.54, 1.807) is 12.1 Å². The molecule has 0 heterocycles. The molecule has 0 bridgehead atoms. The largest absolute Gasteiger partial charge is 0.507 e. The van der Waals surface area contributed by atoms with Gasteiger partial charge in [-0.05, 0) is 46.1 Å². The molecule has 0 aliphatic carbocycles. The molecular formula is C14H15BrN2O2. The Hall–Kier alpha value is -1.80. The number of nitrogens with zero attached hydrogens (tertiary/aromatic N) is 1. The zero-order valence-electron chi connectivity index (χ0n) is 10.6. The predicted octanol–water partition coefficient (Wildman–Crippen LogP) is 2.98. The fourth-order valence-electron chi connectivity index (χ4n) is 1.40. The van der Waals surface area contributed by atoms with E-state index in [0.29, 0.717) is 16.6 Å². The SMILES string of the molecule is CCCCNC(=O)C(C#N)=Cc1ccc(O)c(Br)c1. The maximum absolute atomic E-state index is 11.7. The number of nitrogens with one attached hydrogen (secondary N) is 1. The lowest BCUT2D eigenvalue weighted by molar-refractivity contribution is -0.117. The van der Waals surface area contributed by atoms with Crippen molar-refractivity contribution >= 4 is 27.9 Å². The average Bonchev–Trinajstić information content (AvgIpc) is 2.40. The van der Waals surface area contributed by atoms with Crippen LogP contribution < -0.4 is 5.32 Å². The normalized spacial score (nSPS) is 10.9. The number of unbranched alkanes of at least 4 members (excludes halogenated alkanes) is 1. The summed E-state index contributed by atoms with van der Waals surface area (Å²) in [6, 6.07) is 6.66. The van der Waals surface area contributed by atoms with Crippen LogP contribution in [-0.4, -0.2) is 17.6 Å². The zero-order valence-corrected chi connectivity index (χ0v) is 12.2. The lowest BCUT2D eigenvalue weighted by Crippen LogP contribution is -2.25. The summed E-state index contributed by atoms with van der Waals surface area (Å²) in [5, 5.41) is 21.1. The Labute approximate surface area is 120 Å². The molecule has 0 unspecified atom stereocenters. The highest BCUT2D eigenvalue weighted by atomic mass is 79.9. The van der Waals surface area contributed by atoms with Crippen LogP contribution in [0.2, 0.25) is 0 Å². The first-order valence-corrected chi connectivity index (χ1v) is 6.76. The second-order valence-electron chi connectivity index (χ2n) is 3.99. The van der Waals surface area contributed by atoms with Gasteiger partial charge in [0.2, 0.25) is 0 Å². The highest BCUT2D eigenvalue weighted by Gasteiger charge is 2.08. The highest BCUT2D eigenvalue weighted by Crippen LogP contribution is 2.25. The molecule has 5 heteroatoms. The van der Waals surface area contributed by atoms with E-state index in [2.05, 4.69) is 21.2 Å². The van der Waals surface area contributed by atoms with E-state index >= 15 is 0 Å². The third-order valence-corrected chi connectivity index (χ3v) is 3.10. The molecule has 0 aliphatic heterocycles. The Bertz CT molecular complexity index is 533. The van der Waals surface area contributed by atoms with E-state index in [-0.39, 0.29) is 17.2 Å². The summed E-state index contributed by atoms with van der Waals surface area (Å²) in [7, 11) is 0. The molecule has 0 radical (unpaired) electrons. The molecule has 0 spiro atoms. The number of halogens is 1. The van der Waals surface area contributed by atoms with Crippen LogP contribution in [0.25, 0.3) is 6.08 Å². The minimum atomic E-state index is -0.375. The van der Waals surface area contributed by atoms with Crippen LogP contribution >= 0.6 is 15.9 Å². The van der Waals surface area contributed by atoms with Gasteiger partial charge >= 0.3 is 0 Å². The lowest BCUT2D eigenvalue weighted by Gasteiger charge is -2.03. The van der Waals surface area contributed by atoms with Crippen LogP contribution in [-0.2, 0) is 4.79 Å². The van der Waals surface area contributed by atoms with Crippen molar-refractivity contribution in [1.29, 1.82) is 5.26 Å². The number of nitriles is 1. The van der Waals surface area contributed by atoms with Crippen molar-refractivity contribution in [3.63, 3.8) is 0 Å². The van der Waals surface area contributed by atoms with Gasteiger partial charge in [0, 0.05) is 6.54 Å². The molecule has 0 aromatic heterocycles. The van der Waals surface area contributed by atoms with Crippen molar-refractivity contribution in [2.24, 2.45) is 0 Å². The number of rotatable bonds is 5. The van der Waals surface area contributed by atoms with Gasteiger partial charge in [0.15, 0.2) is 0 Å². The molecule has 2 N–H and O–H groups in total. The fourth-order valence-corrected chi connectivity index (χ4v) is 1.80. The molecule has 0 saturated carbocycles. The van der Waals surface area contributed by atoms with Gasteiger partial charge in [-0.3, -0.25) is 4.79 Å². The molecule has 4 nitrogen and oxygen atoms in total. The number of amides is 1. The van der Waals surface area contributed by atoms with Gasteiger partial charge in [0.25, 0.3) is 5.91 Å². The summed E-state index contributed by atoms with van der Waals surface area (Å²) in [5.41, 5.74) is 0.723. The van der Waals surface area contributed by atoms with Crippen molar-refractivity contribution in [3.8, 4) is 11.8 Å². The van der Waals surface area contributed by atoms with Gasteiger partial charge < -0.3 is 10.4 Å². The first kappa shape index (κ1) is 15.3. The predicted molar refractivity (Wildman–Crippen MR) is 77.3 cm³/mol. The number of phenols is 1. The summed E-state index contributed by atoms with van der Waals surface area (Å²) in [4.78, 5) is 11.7. The van der Waals surface area contributed by atoms with Gasteiger partial charge in [-0.1, -0.05) is 19.4 Å². The van der Waals surface area contributed by atoms with Crippen LogP contribution in [0.1, 0.15) is 25.3 Å². The maximum atomic E-state index is 11.7. The Kier molecular flexibility index (Phi) is 6.10. The number of benzene rings is 1. The zero-order chi connectivity index (χ0) is 14.3. The van der Waals surface area contributed by atoms with E-state index < -0.39 is 0 Å². The Balaban J connectivity index is 2.84. The Morgan fingerprint density at radius 2 is 2.32 bits per heavy atom. The number of aromatic hydroxyl groups is 1. The van der Waals surface area contributed by atoms with Crippen LogP contribution in [0.3, 0.4) is 0 Å². The van der Waals surface area contributed by atoms with E-state index in [0.717, 1.165) is 12.8 Å². The Morgan fingerprint density at radius 3 is 2.89 bits per heavy atom. The molecule has 1 aromatic carbocycles. The standard InChI is InChI=1S/C14H15BrN2O2/c1-2-3-6-17-14(19)11(9-16)7-10-4-5-13(18)12(15)8-10/h4-5,7-8,18H,2-3,6H2,1H3,(H,17,19). The third-order valence-electron chi connectivity index (χ3n) is 2.46. The Morgan fingerprint density at radius 1 is 1.58 bits per heavy atom. The summed E-state index contributed by atoms with van der Waals surface area (Å²) in [6.45, 7) is 2.59. The molecule has 100 valence electrons. The van der Waals surface area contributed by atoms with Crippen molar-refractivity contribution in [2.45, 2.75) is 19.8 Å². The number of hydrogen-bond donors (Lipinski definition) is 2. The molecule has 19 heavy (non-hydrogen) atoms. The molecular weight excluding hydrogens is 308 g/mol. The number of carbonyl (C=O) groups is 1. The van der Waals surface area contributed by atoms with Gasteiger partial charge in [-0.2, -0.15) is 5.26 Å². The van der Waals surface area contributed by atoms with Crippen LogP contribution in [0.4, 0.5) is 0 Å². The van der Waals surface area contributed by atoms with Crippen molar-refractivity contribution < 1.29 is 9.90 Å². The van der Waals surface area contributed by atoms with Crippen LogP contribution in [0.5, 0.6) is 5.75 Å². The number of carbonyl (C=O) groups excluding carboxylic acids is 1. The van der Waals surface area contributed by atoms with E-state index in [4.69, 9.17) is 5.26 Å². The summed E-state index contributed by atoms with van der Waals surface area (Å²) in [5.74, 6) is -0.261. The van der Waals surface area contributed by atoms with Crippen LogP contribution in [0.15, 0.2) is 28.2 Å². The van der Waals surface area contributed by atoms with E-state index in [1.807, 2.05) is 13.0 Å². The molecule has 1 aromatic rings. The second kappa shape index (κ2) is 7.59. The van der Waals surface area contributed by atoms with Crippen molar-refractivity contribution in [3.05, 3.63) is 33.8 Å². The molecule has 0 fully saturated rings. The summed E-state index contributed by atoms with van der Waals surface area (Å²) in [6.07, 6.45) is 3.36. The molecule has 0 atom stereocenters. The minimum absolute atomic E-state index is 0.0497. The van der Waals surface area contributed by atoms with Gasteiger partial charge in [-0.15, -0.1) is 0 Å². The fraction of sp³-hybridized carbons (Fsp3) is 0.286. The molecule has 0 aliphatic rings. The van der Waals surface area contributed by atoms with E-state index in [9.17, 15) is 9.90 Å². The first-order valence-electron chi connectivity index (χ1n) is 5.97. The van der Waals surface area contributed by atoms with E-state index in [1.165, 1.54) is 12.1 Å². The van der Waals surface area contributed by atoms with Gasteiger partial charge in [0.05, 0.1) is 4.47 Å². The monoisotopic (exact) mass is 322 g/mol. The minimum Gasteiger partial charge on any atom is -0.507 e. The van der Waals surface area contributed by atoms with Crippen molar-refractivity contribution in [1.82, 2.24) is 5.32 Å². The van der Waals surface area contributed by atoms with Crippen LogP contribution in [0, 0.1) is 11.3 Å². The van der Waals surface area contributed by atoms with Crippen molar-refractivity contribution in [2.75, 3.05) is 6.54 Å². The lowest BCUT2D eigenvalue weighted by atomic mass is 10.1. The first-order chi connectivity index (χ1) is 9.08. The average molecular weight is 323 g/mol. The molecule has 1 amide bonds.